The number of carbonyl (C=O) groups is 1. The van der Waals surface area contributed by atoms with Crippen LogP contribution in [0.25, 0.3) is 0 Å². The van der Waals surface area contributed by atoms with Crippen molar-refractivity contribution in [2.75, 3.05) is 19.6 Å². The van der Waals surface area contributed by atoms with Crippen LogP contribution in [0.3, 0.4) is 0 Å². The molecule has 1 N–H and O–H groups in total. The van der Waals surface area contributed by atoms with Crippen molar-refractivity contribution in [2.24, 2.45) is 0 Å². The molecule has 2 aromatic heterocycles. The Morgan fingerprint density at radius 2 is 1.96 bits per heavy atom. The van der Waals surface area contributed by atoms with Crippen molar-refractivity contribution in [2.45, 2.75) is 19.0 Å². The second-order valence-corrected chi connectivity index (χ2v) is 7.35. The summed E-state index contributed by atoms with van der Waals surface area (Å²) >= 11 is 6.50. The van der Waals surface area contributed by atoms with Gasteiger partial charge in [-0.2, -0.15) is 0 Å². The highest BCUT2D eigenvalue weighted by atomic mass is 35.5. The van der Waals surface area contributed by atoms with Crippen LogP contribution in [0.15, 0.2) is 67.0 Å². The maximum absolute atomic E-state index is 12.6. The van der Waals surface area contributed by atoms with Crippen molar-refractivity contribution < 1.29 is 4.79 Å². The van der Waals surface area contributed by atoms with Crippen LogP contribution in [0.4, 0.5) is 0 Å². The van der Waals surface area contributed by atoms with E-state index in [2.05, 4.69) is 38.1 Å². The lowest BCUT2D eigenvalue weighted by Gasteiger charge is -2.37. The van der Waals surface area contributed by atoms with E-state index in [1.54, 1.807) is 6.20 Å². The first kappa shape index (κ1) is 18.7. The number of carbonyl (C=O) groups excluding carboxylic acids is 1. The first-order valence-corrected chi connectivity index (χ1v) is 9.90. The van der Waals surface area contributed by atoms with Crippen LogP contribution in [0, 0.1) is 0 Å². The average Bonchev–Trinajstić information content (AvgIpc) is 3.18. The zero-order valence-electron chi connectivity index (χ0n) is 15.6. The smallest absolute Gasteiger partial charge is 0.234 e. The van der Waals surface area contributed by atoms with Crippen molar-refractivity contribution in [3.8, 4) is 0 Å². The minimum absolute atomic E-state index is 0.0213. The Hall–Kier alpha value is -2.63. The molecule has 6 heteroatoms. The van der Waals surface area contributed by atoms with Crippen molar-refractivity contribution >= 4 is 17.5 Å². The standard InChI is InChI=1S/C22H23ClN4O/c23-19-8-2-1-7-18(19)22-20-9-5-13-26(20)14-15-27(22)16-21(28)25-12-10-17-6-3-4-11-24-17/h1-9,11,13,22H,10,12,14-16H2,(H,25,28). The van der Waals surface area contributed by atoms with Crippen molar-refractivity contribution in [1.82, 2.24) is 19.8 Å². The van der Waals surface area contributed by atoms with E-state index < -0.39 is 0 Å². The van der Waals surface area contributed by atoms with Gasteiger partial charge in [-0.25, -0.2) is 0 Å². The van der Waals surface area contributed by atoms with Gasteiger partial charge in [-0.3, -0.25) is 14.7 Å². The van der Waals surface area contributed by atoms with Gasteiger partial charge >= 0.3 is 0 Å². The Balaban J connectivity index is 1.45. The molecule has 28 heavy (non-hydrogen) atoms. The number of halogens is 1. The molecule has 1 aliphatic heterocycles. The molecular formula is C22H23ClN4O. The number of hydrogen-bond acceptors (Lipinski definition) is 3. The predicted octanol–water partition coefficient (Wildman–Crippen LogP) is 3.30. The molecule has 0 aliphatic carbocycles. The Labute approximate surface area is 170 Å². The highest BCUT2D eigenvalue weighted by Gasteiger charge is 2.31. The van der Waals surface area contributed by atoms with Gasteiger partial charge in [0.2, 0.25) is 5.91 Å². The molecular weight excluding hydrogens is 372 g/mol. The number of rotatable bonds is 6. The molecule has 144 valence electrons. The Morgan fingerprint density at radius 3 is 2.79 bits per heavy atom. The molecule has 1 aromatic carbocycles. The molecule has 3 aromatic rings. The van der Waals surface area contributed by atoms with Crippen LogP contribution in [0.2, 0.25) is 5.02 Å². The Morgan fingerprint density at radius 1 is 1.11 bits per heavy atom. The summed E-state index contributed by atoms with van der Waals surface area (Å²) in [7, 11) is 0. The maximum atomic E-state index is 12.6. The van der Waals surface area contributed by atoms with Gasteiger partial charge in [0.15, 0.2) is 0 Å². The fourth-order valence-corrected chi connectivity index (χ4v) is 4.01. The van der Waals surface area contributed by atoms with Crippen LogP contribution in [-0.2, 0) is 17.8 Å². The van der Waals surface area contributed by atoms with E-state index in [4.69, 9.17) is 11.6 Å². The summed E-state index contributed by atoms with van der Waals surface area (Å²) in [6.45, 7) is 2.58. The first-order chi connectivity index (χ1) is 13.7. The second-order valence-electron chi connectivity index (χ2n) is 6.94. The second kappa shape index (κ2) is 8.59. The van der Waals surface area contributed by atoms with Crippen LogP contribution >= 0.6 is 11.6 Å². The summed E-state index contributed by atoms with van der Waals surface area (Å²) in [6, 6.07) is 17.8. The number of fused-ring (bicyclic) bond motifs is 1. The molecule has 1 atom stereocenters. The molecule has 1 unspecified atom stereocenters. The lowest BCUT2D eigenvalue weighted by Crippen LogP contribution is -2.44. The SMILES string of the molecule is O=C(CN1CCn2cccc2C1c1ccccc1Cl)NCCc1ccccn1. The minimum atomic E-state index is -0.0287. The number of hydrogen-bond donors (Lipinski definition) is 1. The minimum Gasteiger partial charge on any atom is -0.355 e. The third-order valence-electron chi connectivity index (χ3n) is 5.11. The van der Waals surface area contributed by atoms with Gasteiger partial charge in [0.1, 0.15) is 0 Å². The summed E-state index contributed by atoms with van der Waals surface area (Å²) in [5.41, 5.74) is 3.18. The van der Waals surface area contributed by atoms with Gasteiger partial charge in [0, 0.05) is 54.9 Å². The van der Waals surface area contributed by atoms with E-state index in [1.807, 2.05) is 42.5 Å². The molecule has 5 nitrogen and oxygen atoms in total. The van der Waals surface area contributed by atoms with Crippen molar-refractivity contribution in [3.05, 3.63) is 89.0 Å². The largest absolute Gasteiger partial charge is 0.355 e. The fraction of sp³-hybridized carbons (Fsp3) is 0.273. The average molecular weight is 395 g/mol. The highest BCUT2D eigenvalue weighted by Crippen LogP contribution is 2.35. The highest BCUT2D eigenvalue weighted by molar-refractivity contribution is 6.31. The number of pyridine rings is 1. The molecule has 4 rings (SSSR count). The van der Waals surface area contributed by atoms with Crippen LogP contribution in [0.5, 0.6) is 0 Å². The van der Waals surface area contributed by atoms with E-state index in [0.717, 1.165) is 35.8 Å². The molecule has 0 bridgehead atoms. The van der Waals surface area contributed by atoms with Gasteiger partial charge in [-0.15, -0.1) is 0 Å². The first-order valence-electron chi connectivity index (χ1n) is 9.52. The number of benzene rings is 1. The molecule has 0 fully saturated rings. The van der Waals surface area contributed by atoms with Gasteiger partial charge in [0.25, 0.3) is 0 Å². The quantitative estimate of drug-likeness (QED) is 0.697. The van der Waals surface area contributed by atoms with Crippen molar-refractivity contribution in [1.29, 1.82) is 0 Å². The summed E-state index contributed by atoms with van der Waals surface area (Å²) < 4.78 is 2.24. The summed E-state index contributed by atoms with van der Waals surface area (Å²) in [5.74, 6) is 0.0213. The monoisotopic (exact) mass is 394 g/mol. The summed E-state index contributed by atoms with van der Waals surface area (Å²) in [6.07, 6.45) is 4.58. The van der Waals surface area contributed by atoms with E-state index in [9.17, 15) is 4.79 Å². The maximum Gasteiger partial charge on any atom is 0.234 e. The molecule has 0 saturated carbocycles. The number of aromatic nitrogens is 2. The summed E-state index contributed by atoms with van der Waals surface area (Å²) in [5, 5.41) is 3.75. The lowest BCUT2D eigenvalue weighted by atomic mass is 10.00. The van der Waals surface area contributed by atoms with Gasteiger partial charge in [0.05, 0.1) is 12.6 Å². The number of nitrogens with zero attached hydrogens (tertiary/aromatic N) is 3. The molecule has 0 saturated heterocycles. The number of amides is 1. The Kier molecular flexibility index (Phi) is 5.74. The van der Waals surface area contributed by atoms with Crippen LogP contribution < -0.4 is 5.32 Å². The molecule has 1 aliphatic rings. The molecule has 0 spiro atoms. The van der Waals surface area contributed by atoms with Gasteiger partial charge in [-0.05, 0) is 35.9 Å². The predicted molar refractivity (Wildman–Crippen MR) is 110 cm³/mol. The molecule has 0 radical (unpaired) electrons. The van der Waals surface area contributed by atoms with E-state index in [-0.39, 0.29) is 11.9 Å². The third kappa shape index (κ3) is 4.11. The summed E-state index contributed by atoms with van der Waals surface area (Å²) in [4.78, 5) is 19.1. The van der Waals surface area contributed by atoms with Crippen LogP contribution in [0.1, 0.15) is 23.0 Å². The normalized spacial score (nSPS) is 16.5. The Bertz CT molecular complexity index is 940. The van der Waals surface area contributed by atoms with Gasteiger partial charge < -0.3 is 9.88 Å². The van der Waals surface area contributed by atoms with E-state index in [0.29, 0.717) is 13.1 Å². The van der Waals surface area contributed by atoms with E-state index in [1.165, 1.54) is 5.69 Å². The topological polar surface area (TPSA) is 50.2 Å². The zero-order chi connectivity index (χ0) is 19.3. The zero-order valence-corrected chi connectivity index (χ0v) is 16.3. The number of nitrogens with one attached hydrogen (secondary N) is 1. The fourth-order valence-electron chi connectivity index (χ4n) is 3.77. The van der Waals surface area contributed by atoms with Crippen molar-refractivity contribution in [3.63, 3.8) is 0 Å². The van der Waals surface area contributed by atoms with Crippen LogP contribution in [-0.4, -0.2) is 40.0 Å². The van der Waals surface area contributed by atoms with E-state index >= 15 is 0 Å². The lowest BCUT2D eigenvalue weighted by molar-refractivity contribution is -0.122. The van der Waals surface area contributed by atoms with Gasteiger partial charge in [-0.1, -0.05) is 35.9 Å². The molecule has 1 amide bonds. The molecule has 3 heterocycles. The third-order valence-corrected chi connectivity index (χ3v) is 5.46.